The van der Waals surface area contributed by atoms with Gasteiger partial charge in [-0.3, -0.25) is 4.79 Å². The molecule has 0 spiro atoms. The predicted molar refractivity (Wildman–Crippen MR) is 125 cm³/mol. The van der Waals surface area contributed by atoms with E-state index in [1.165, 1.54) is 0 Å². The molecule has 166 valence electrons. The van der Waals surface area contributed by atoms with Crippen LogP contribution in [0, 0.1) is 6.92 Å². The van der Waals surface area contributed by atoms with Gasteiger partial charge < -0.3 is 9.53 Å². The van der Waals surface area contributed by atoms with Crippen LogP contribution in [-0.4, -0.2) is 32.7 Å². The second-order valence-electron chi connectivity index (χ2n) is 8.76. The molecule has 0 fully saturated rings. The molecule has 0 bridgehead atoms. The summed E-state index contributed by atoms with van der Waals surface area (Å²) in [5, 5.41) is 0.489. The van der Waals surface area contributed by atoms with Crippen molar-refractivity contribution >= 4 is 28.7 Å². The minimum Gasteiger partial charge on any atom is -0.357 e. The van der Waals surface area contributed by atoms with E-state index in [9.17, 15) is 9.59 Å². The molecule has 0 unspecified atom stereocenters. The Balaban J connectivity index is 0.000000614. The maximum absolute atomic E-state index is 13.2. The highest BCUT2D eigenvalue weighted by molar-refractivity contribution is 6.30. The summed E-state index contributed by atoms with van der Waals surface area (Å²) in [4.78, 5) is 31.6. The van der Waals surface area contributed by atoms with Gasteiger partial charge in [-0.1, -0.05) is 30.7 Å². The van der Waals surface area contributed by atoms with E-state index in [2.05, 4.69) is 9.97 Å². The predicted octanol–water partition coefficient (Wildman–Crippen LogP) is 6.02. The highest BCUT2D eigenvalue weighted by atomic mass is 35.5. The molecule has 0 amide bonds. The SMILES string of the molecule is CC1=C(c2cc(-c3ncc(Cl)cn3)ccc2C)C(=O)C(C)(C)OC1(C)C.CCC(C)=O. The topological polar surface area (TPSA) is 69.2 Å². The average Bonchev–Trinajstić information content (AvgIpc) is 2.68. The van der Waals surface area contributed by atoms with E-state index in [0.29, 0.717) is 17.3 Å². The standard InChI is InChI=1S/C21H23ClN2O2.C4H8O/c1-12-7-8-14(19-23-10-15(22)11-24-19)9-16(12)17-13(2)20(3,4)26-21(5,6)18(17)25;1-3-4(2)5/h7-11H,1-6H3;3H2,1-2H3. The Bertz CT molecular complexity index is 1020. The van der Waals surface area contributed by atoms with Crippen LogP contribution in [0.15, 0.2) is 36.2 Å². The molecule has 0 atom stereocenters. The fourth-order valence-corrected chi connectivity index (χ4v) is 3.45. The second kappa shape index (κ2) is 9.41. The molecule has 1 aromatic heterocycles. The van der Waals surface area contributed by atoms with Crippen molar-refractivity contribution in [3.8, 4) is 11.4 Å². The number of nitrogens with zero attached hydrogens (tertiary/aromatic N) is 2. The Morgan fingerprint density at radius 3 is 2.13 bits per heavy atom. The molecule has 5 nitrogen and oxygen atoms in total. The molecule has 0 saturated heterocycles. The van der Waals surface area contributed by atoms with Gasteiger partial charge in [-0.25, -0.2) is 9.97 Å². The monoisotopic (exact) mass is 442 g/mol. The lowest BCUT2D eigenvalue weighted by Crippen LogP contribution is -2.49. The van der Waals surface area contributed by atoms with Crippen LogP contribution in [0.5, 0.6) is 0 Å². The van der Waals surface area contributed by atoms with Crippen LogP contribution in [0.2, 0.25) is 5.02 Å². The maximum Gasteiger partial charge on any atom is 0.194 e. The molecule has 2 aromatic rings. The first kappa shape index (κ1) is 24.9. The molecule has 6 heteroatoms. The van der Waals surface area contributed by atoms with Crippen molar-refractivity contribution in [3.05, 3.63) is 52.3 Å². The number of Topliss-reactive ketones (excluding diaryl/α,β-unsaturated/α-hetero) is 2. The number of aromatic nitrogens is 2. The third kappa shape index (κ3) is 5.66. The van der Waals surface area contributed by atoms with Gasteiger partial charge in [-0.2, -0.15) is 0 Å². The molecule has 0 radical (unpaired) electrons. The fourth-order valence-electron chi connectivity index (χ4n) is 3.35. The van der Waals surface area contributed by atoms with Crippen LogP contribution in [0.25, 0.3) is 17.0 Å². The second-order valence-corrected chi connectivity index (χ2v) is 9.20. The lowest BCUT2D eigenvalue weighted by molar-refractivity contribution is -0.152. The van der Waals surface area contributed by atoms with E-state index in [0.717, 1.165) is 27.8 Å². The van der Waals surface area contributed by atoms with Crippen molar-refractivity contribution in [2.24, 2.45) is 0 Å². The molecular weight excluding hydrogens is 412 g/mol. The minimum atomic E-state index is -0.877. The molecule has 0 aliphatic carbocycles. The van der Waals surface area contributed by atoms with Gasteiger partial charge in [0.2, 0.25) is 0 Å². The highest BCUT2D eigenvalue weighted by Gasteiger charge is 2.45. The van der Waals surface area contributed by atoms with E-state index >= 15 is 0 Å². The van der Waals surface area contributed by atoms with Crippen LogP contribution in [0.1, 0.15) is 66.0 Å². The van der Waals surface area contributed by atoms with Crippen molar-refractivity contribution in [3.63, 3.8) is 0 Å². The van der Waals surface area contributed by atoms with Gasteiger partial charge in [-0.05, 0) is 71.2 Å². The summed E-state index contributed by atoms with van der Waals surface area (Å²) in [6.45, 7) is 15.0. The molecule has 1 aromatic carbocycles. The summed E-state index contributed by atoms with van der Waals surface area (Å²) in [5.41, 5.74) is 3.02. The molecule has 0 saturated carbocycles. The van der Waals surface area contributed by atoms with E-state index in [1.54, 1.807) is 19.3 Å². The number of aryl methyl sites for hydroxylation is 1. The van der Waals surface area contributed by atoms with Crippen molar-refractivity contribution in [2.75, 3.05) is 0 Å². The molecular formula is C25H31ClN2O3. The molecule has 1 aliphatic rings. The number of carbonyl (C=O) groups excluding carboxylic acids is 2. The van der Waals surface area contributed by atoms with Gasteiger partial charge in [0, 0.05) is 30.0 Å². The zero-order chi connectivity index (χ0) is 23.6. The van der Waals surface area contributed by atoms with Crippen molar-refractivity contribution in [1.82, 2.24) is 9.97 Å². The quantitative estimate of drug-likeness (QED) is 0.581. The first-order valence-electron chi connectivity index (χ1n) is 10.3. The third-order valence-corrected chi connectivity index (χ3v) is 5.64. The van der Waals surface area contributed by atoms with E-state index in [4.69, 9.17) is 16.3 Å². The summed E-state index contributed by atoms with van der Waals surface area (Å²) < 4.78 is 6.06. The van der Waals surface area contributed by atoms with Crippen LogP contribution in [0.4, 0.5) is 0 Å². The molecule has 2 heterocycles. The van der Waals surface area contributed by atoms with E-state index in [-0.39, 0.29) is 11.6 Å². The van der Waals surface area contributed by atoms with Gasteiger partial charge in [0.15, 0.2) is 11.6 Å². The van der Waals surface area contributed by atoms with Crippen molar-refractivity contribution in [2.45, 2.75) is 73.0 Å². The van der Waals surface area contributed by atoms with E-state index < -0.39 is 11.2 Å². The number of halogens is 1. The zero-order valence-electron chi connectivity index (χ0n) is 19.6. The van der Waals surface area contributed by atoms with Crippen molar-refractivity contribution < 1.29 is 14.3 Å². The Morgan fingerprint density at radius 2 is 1.61 bits per heavy atom. The highest BCUT2D eigenvalue weighted by Crippen LogP contribution is 2.42. The Hall–Kier alpha value is -2.37. The fraction of sp³-hybridized carbons (Fsp3) is 0.440. The van der Waals surface area contributed by atoms with Gasteiger partial charge in [0.05, 0.1) is 10.6 Å². The number of carbonyl (C=O) groups is 2. The Kier molecular flexibility index (Phi) is 7.56. The molecule has 3 rings (SSSR count). The third-order valence-electron chi connectivity index (χ3n) is 5.45. The van der Waals surface area contributed by atoms with Gasteiger partial charge >= 0.3 is 0 Å². The van der Waals surface area contributed by atoms with Crippen molar-refractivity contribution in [1.29, 1.82) is 0 Å². The number of ketones is 2. The largest absolute Gasteiger partial charge is 0.357 e. The van der Waals surface area contributed by atoms with Gasteiger partial charge in [0.25, 0.3) is 0 Å². The number of rotatable bonds is 3. The van der Waals surface area contributed by atoms with Crippen LogP contribution in [0.3, 0.4) is 0 Å². The molecule has 1 aliphatic heterocycles. The molecule has 0 N–H and O–H groups in total. The number of hydrogen-bond acceptors (Lipinski definition) is 5. The Morgan fingerprint density at radius 1 is 1.06 bits per heavy atom. The summed E-state index contributed by atoms with van der Waals surface area (Å²) >= 11 is 5.89. The average molecular weight is 443 g/mol. The number of hydrogen-bond donors (Lipinski definition) is 0. The Labute approximate surface area is 189 Å². The first-order chi connectivity index (χ1) is 14.3. The maximum atomic E-state index is 13.2. The summed E-state index contributed by atoms with van der Waals surface area (Å²) in [5.74, 6) is 0.823. The van der Waals surface area contributed by atoms with Crippen LogP contribution in [-0.2, 0) is 14.3 Å². The van der Waals surface area contributed by atoms with Gasteiger partial charge in [0.1, 0.15) is 11.4 Å². The van der Waals surface area contributed by atoms with Crippen LogP contribution < -0.4 is 0 Å². The van der Waals surface area contributed by atoms with Crippen LogP contribution >= 0.6 is 11.6 Å². The summed E-state index contributed by atoms with van der Waals surface area (Å²) in [6, 6.07) is 5.93. The van der Waals surface area contributed by atoms with E-state index in [1.807, 2.05) is 66.7 Å². The normalized spacial score (nSPS) is 17.1. The summed E-state index contributed by atoms with van der Waals surface area (Å²) in [6.07, 6.45) is 3.81. The first-order valence-corrected chi connectivity index (χ1v) is 10.7. The lowest BCUT2D eigenvalue weighted by Gasteiger charge is -2.42. The zero-order valence-corrected chi connectivity index (χ0v) is 20.3. The minimum absolute atomic E-state index is 0.00778. The van der Waals surface area contributed by atoms with Gasteiger partial charge in [-0.15, -0.1) is 0 Å². The molecule has 31 heavy (non-hydrogen) atoms. The smallest absolute Gasteiger partial charge is 0.194 e. The lowest BCUT2D eigenvalue weighted by atomic mass is 9.78. The number of benzene rings is 1. The summed E-state index contributed by atoms with van der Waals surface area (Å²) in [7, 11) is 0. The number of ether oxygens (including phenoxy) is 1.